The van der Waals surface area contributed by atoms with Gasteiger partial charge in [-0.05, 0) is 64.0 Å². The van der Waals surface area contributed by atoms with E-state index in [1.807, 2.05) is 24.3 Å². The fourth-order valence-electron chi connectivity index (χ4n) is 2.58. The molecule has 2 rings (SSSR count). The minimum absolute atomic E-state index is 0.119. The van der Waals surface area contributed by atoms with Crippen LogP contribution in [0.4, 0.5) is 5.69 Å². The summed E-state index contributed by atoms with van der Waals surface area (Å²) in [6.45, 7) is 7.29. The Morgan fingerprint density at radius 1 is 1.21 bits per heavy atom. The summed E-state index contributed by atoms with van der Waals surface area (Å²) in [6.07, 6.45) is 4.04. The number of likely N-dealkylation sites (tertiary alicyclic amines) is 1. The molecule has 0 aromatic heterocycles. The van der Waals surface area contributed by atoms with Gasteiger partial charge >= 0.3 is 0 Å². The molecular formula is C16H24N2O. The molecule has 0 radical (unpaired) electrons. The van der Waals surface area contributed by atoms with Gasteiger partial charge in [-0.25, -0.2) is 0 Å². The van der Waals surface area contributed by atoms with Gasteiger partial charge in [0.2, 0.25) is 0 Å². The topological polar surface area (TPSA) is 32.3 Å². The third-order valence-corrected chi connectivity index (χ3v) is 3.91. The van der Waals surface area contributed by atoms with Gasteiger partial charge in [0.15, 0.2) is 5.78 Å². The lowest BCUT2D eigenvalue weighted by Gasteiger charge is -2.32. The second-order valence-corrected chi connectivity index (χ2v) is 5.46. The minimum Gasteiger partial charge on any atom is -0.383 e. The zero-order valence-corrected chi connectivity index (χ0v) is 12.0. The van der Waals surface area contributed by atoms with E-state index < -0.39 is 0 Å². The van der Waals surface area contributed by atoms with Crippen molar-refractivity contribution < 1.29 is 4.79 Å². The van der Waals surface area contributed by atoms with Crippen molar-refractivity contribution in [3.8, 4) is 0 Å². The van der Waals surface area contributed by atoms with E-state index in [-0.39, 0.29) is 5.78 Å². The molecule has 3 nitrogen and oxygen atoms in total. The fraction of sp³-hybridized carbons (Fsp3) is 0.562. The first-order valence-electron chi connectivity index (χ1n) is 7.26. The molecule has 104 valence electrons. The molecule has 1 heterocycles. The van der Waals surface area contributed by atoms with Crippen molar-refractivity contribution in [2.24, 2.45) is 0 Å². The zero-order valence-electron chi connectivity index (χ0n) is 12.0. The second-order valence-electron chi connectivity index (χ2n) is 5.46. The van der Waals surface area contributed by atoms with Crippen molar-refractivity contribution in [3.05, 3.63) is 29.8 Å². The maximum atomic E-state index is 11.2. The van der Waals surface area contributed by atoms with Crippen LogP contribution >= 0.6 is 0 Å². The minimum atomic E-state index is 0.119. The smallest absolute Gasteiger partial charge is 0.159 e. The number of carbonyl (C=O) groups excluding carboxylic acids is 1. The van der Waals surface area contributed by atoms with Crippen molar-refractivity contribution in [2.75, 3.05) is 25.0 Å². The lowest BCUT2D eigenvalue weighted by molar-refractivity contribution is 0.101. The molecule has 3 heteroatoms. The van der Waals surface area contributed by atoms with Crippen LogP contribution in [-0.4, -0.2) is 36.4 Å². The van der Waals surface area contributed by atoms with E-state index >= 15 is 0 Å². The first-order chi connectivity index (χ1) is 9.16. The first kappa shape index (κ1) is 14.1. The summed E-state index contributed by atoms with van der Waals surface area (Å²) in [5.41, 5.74) is 1.86. The van der Waals surface area contributed by atoms with Gasteiger partial charge in [-0.2, -0.15) is 0 Å². The number of rotatable bonds is 5. The van der Waals surface area contributed by atoms with E-state index in [2.05, 4.69) is 17.1 Å². The van der Waals surface area contributed by atoms with E-state index in [4.69, 9.17) is 0 Å². The summed E-state index contributed by atoms with van der Waals surface area (Å²) >= 11 is 0. The number of hydrogen-bond donors (Lipinski definition) is 1. The standard InChI is InChI=1S/C16H24N2O/c1-13(18-10-4-3-5-11-18)12-17-16-8-6-15(7-9-16)14(2)19/h6-9,13,17H,3-5,10-12H2,1-2H3. The lowest BCUT2D eigenvalue weighted by atomic mass is 10.1. The van der Waals surface area contributed by atoms with Crippen LogP contribution in [0.5, 0.6) is 0 Å². The first-order valence-corrected chi connectivity index (χ1v) is 7.26. The number of ketones is 1. The number of hydrogen-bond acceptors (Lipinski definition) is 3. The molecule has 0 saturated carbocycles. The molecule has 19 heavy (non-hydrogen) atoms. The number of anilines is 1. The largest absolute Gasteiger partial charge is 0.383 e. The normalized spacial score (nSPS) is 18.0. The molecule has 1 fully saturated rings. The molecule has 1 aromatic carbocycles. The van der Waals surface area contributed by atoms with E-state index in [1.54, 1.807) is 6.92 Å². The number of nitrogens with zero attached hydrogens (tertiary/aromatic N) is 1. The molecule has 1 aliphatic heterocycles. The van der Waals surface area contributed by atoms with Gasteiger partial charge in [0.1, 0.15) is 0 Å². The van der Waals surface area contributed by atoms with Gasteiger partial charge in [0.25, 0.3) is 0 Å². The highest BCUT2D eigenvalue weighted by Gasteiger charge is 2.16. The highest BCUT2D eigenvalue weighted by atomic mass is 16.1. The van der Waals surface area contributed by atoms with E-state index in [0.29, 0.717) is 6.04 Å². The van der Waals surface area contributed by atoms with Gasteiger partial charge in [0, 0.05) is 23.8 Å². The molecule has 0 spiro atoms. The van der Waals surface area contributed by atoms with Crippen LogP contribution in [-0.2, 0) is 0 Å². The van der Waals surface area contributed by atoms with Crippen molar-refractivity contribution >= 4 is 11.5 Å². The van der Waals surface area contributed by atoms with Gasteiger partial charge in [-0.1, -0.05) is 6.42 Å². The Labute approximate surface area is 116 Å². The molecule has 1 unspecified atom stereocenters. The average molecular weight is 260 g/mol. The Kier molecular flexibility index (Phi) is 4.97. The molecule has 0 bridgehead atoms. The molecule has 1 N–H and O–H groups in total. The molecule has 1 aliphatic rings. The van der Waals surface area contributed by atoms with Gasteiger partial charge in [-0.15, -0.1) is 0 Å². The summed E-state index contributed by atoms with van der Waals surface area (Å²) in [4.78, 5) is 13.8. The quantitative estimate of drug-likeness (QED) is 0.825. The molecule has 0 aliphatic carbocycles. The van der Waals surface area contributed by atoms with Crippen molar-refractivity contribution in [1.82, 2.24) is 4.90 Å². The summed E-state index contributed by atoms with van der Waals surface area (Å²) in [6, 6.07) is 8.30. The number of piperidine rings is 1. The summed E-state index contributed by atoms with van der Waals surface area (Å²) < 4.78 is 0. The maximum absolute atomic E-state index is 11.2. The third kappa shape index (κ3) is 4.06. The molecule has 1 atom stereocenters. The van der Waals surface area contributed by atoms with Crippen LogP contribution in [0.15, 0.2) is 24.3 Å². The van der Waals surface area contributed by atoms with Crippen molar-refractivity contribution in [2.45, 2.75) is 39.2 Å². The predicted octanol–water partition coefficient (Wildman–Crippen LogP) is 3.18. The molecular weight excluding hydrogens is 236 g/mol. The summed E-state index contributed by atoms with van der Waals surface area (Å²) in [5, 5.41) is 3.45. The van der Waals surface area contributed by atoms with Crippen LogP contribution < -0.4 is 5.32 Å². The Hall–Kier alpha value is -1.35. The Morgan fingerprint density at radius 2 is 1.84 bits per heavy atom. The van der Waals surface area contributed by atoms with Crippen LogP contribution in [0, 0.1) is 0 Å². The highest BCUT2D eigenvalue weighted by Crippen LogP contribution is 2.14. The maximum Gasteiger partial charge on any atom is 0.159 e. The SMILES string of the molecule is CC(=O)c1ccc(NCC(C)N2CCCCC2)cc1. The summed E-state index contributed by atoms with van der Waals surface area (Å²) in [7, 11) is 0. The molecule has 0 amide bonds. The average Bonchev–Trinajstić information content (AvgIpc) is 2.46. The van der Waals surface area contributed by atoms with Crippen molar-refractivity contribution in [1.29, 1.82) is 0 Å². The lowest BCUT2D eigenvalue weighted by Crippen LogP contribution is -2.41. The predicted molar refractivity (Wildman–Crippen MR) is 79.8 cm³/mol. The monoisotopic (exact) mass is 260 g/mol. The van der Waals surface area contributed by atoms with E-state index in [1.165, 1.54) is 32.4 Å². The second kappa shape index (κ2) is 6.71. The summed E-state index contributed by atoms with van der Waals surface area (Å²) in [5.74, 6) is 0.119. The van der Waals surface area contributed by atoms with Crippen LogP contribution in [0.1, 0.15) is 43.5 Å². The van der Waals surface area contributed by atoms with Crippen LogP contribution in [0.25, 0.3) is 0 Å². The molecule has 1 aromatic rings. The van der Waals surface area contributed by atoms with Crippen LogP contribution in [0.3, 0.4) is 0 Å². The number of Topliss-reactive ketones (excluding diaryl/α,β-unsaturated/α-hetero) is 1. The highest BCUT2D eigenvalue weighted by molar-refractivity contribution is 5.94. The van der Waals surface area contributed by atoms with Gasteiger partial charge < -0.3 is 5.32 Å². The van der Waals surface area contributed by atoms with Crippen molar-refractivity contribution in [3.63, 3.8) is 0 Å². The Balaban J connectivity index is 1.82. The van der Waals surface area contributed by atoms with E-state index in [9.17, 15) is 4.79 Å². The van der Waals surface area contributed by atoms with Gasteiger partial charge in [0.05, 0.1) is 0 Å². The van der Waals surface area contributed by atoms with Crippen LogP contribution in [0.2, 0.25) is 0 Å². The molecule has 1 saturated heterocycles. The van der Waals surface area contributed by atoms with Gasteiger partial charge in [-0.3, -0.25) is 9.69 Å². The number of nitrogens with one attached hydrogen (secondary N) is 1. The number of benzene rings is 1. The third-order valence-electron chi connectivity index (χ3n) is 3.91. The number of carbonyl (C=O) groups is 1. The van der Waals surface area contributed by atoms with E-state index in [0.717, 1.165) is 17.8 Å². The Morgan fingerprint density at radius 3 is 2.42 bits per heavy atom. The Bertz CT molecular complexity index is 407. The zero-order chi connectivity index (χ0) is 13.7. The fourth-order valence-corrected chi connectivity index (χ4v) is 2.58.